The van der Waals surface area contributed by atoms with Crippen LogP contribution in [0.4, 0.5) is 8.78 Å². The Labute approximate surface area is 93.6 Å². The lowest BCUT2D eigenvalue weighted by Gasteiger charge is -2.24. The Morgan fingerprint density at radius 3 is 2.33 bits per heavy atom. The largest absolute Gasteiger partial charge is 0.213 e. The van der Waals surface area contributed by atoms with E-state index < -0.39 is 11.2 Å². The molecule has 0 atom stereocenters. The van der Waals surface area contributed by atoms with Crippen LogP contribution in [0.5, 0.6) is 0 Å². The van der Waals surface area contributed by atoms with Crippen LogP contribution in [-0.2, 0) is 5.41 Å². The third-order valence-electron chi connectivity index (χ3n) is 2.35. The lowest BCUT2D eigenvalue weighted by Crippen LogP contribution is -2.17. The average molecular weight is 231 g/mol. The first-order valence-corrected chi connectivity index (χ1v) is 5.04. The topological polar surface area (TPSA) is 0 Å². The number of allylic oxidation sites excluding steroid dienone is 1. The molecule has 0 amide bonds. The molecular formula is C12H13ClF2. The van der Waals surface area contributed by atoms with E-state index in [1.54, 1.807) is 12.1 Å². The highest BCUT2D eigenvalue weighted by molar-refractivity contribution is 6.30. The first-order chi connectivity index (χ1) is 6.95. The van der Waals surface area contributed by atoms with Crippen molar-refractivity contribution in [1.29, 1.82) is 0 Å². The second-order valence-corrected chi connectivity index (χ2v) is 4.56. The highest BCUT2D eigenvalue weighted by Gasteiger charge is 2.22. The van der Waals surface area contributed by atoms with E-state index in [0.717, 1.165) is 5.56 Å². The number of benzene rings is 1. The Hall–Kier alpha value is -0.890. The average Bonchev–Trinajstić information content (AvgIpc) is 2.17. The summed E-state index contributed by atoms with van der Waals surface area (Å²) in [6, 6.07) is 7.15. The lowest BCUT2D eigenvalue weighted by molar-refractivity contribution is 0.438. The molecule has 0 spiro atoms. The molecule has 1 aromatic carbocycles. The molecule has 0 heterocycles. The zero-order chi connectivity index (χ0) is 11.5. The van der Waals surface area contributed by atoms with Gasteiger partial charge in [-0.05, 0) is 23.1 Å². The van der Waals surface area contributed by atoms with Crippen molar-refractivity contribution in [2.24, 2.45) is 0 Å². The van der Waals surface area contributed by atoms with Crippen molar-refractivity contribution in [3.8, 4) is 0 Å². The van der Waals surface area contributed by atoms with Crippen molar-refractivity contribution in [2.45, 2.75) is 25.7 Å². The molecule has 0 aromatic heterocycles. The zero-order valence-corrected chi connectivity index (χ0v) is 9.48. The molecular weight excluding hydrogens is 218 g/mol. The van der Waals surface area contributed by atoms with Gasteiger partial charge in [-0.25, -0.2) is 8.78 Å². The highest BCUT2D eigenvalue weighted by atomic mass is 35.5. The monoisotopic (exact) mass is 230 g/mol. The van der Waals surface area contributed by atoms with E-state index in [0.29, 0.717) is 5.02 Å². The summed E-state index contributed by atoms with van der Waals surface area (Å²) in [6.45, 7) is 3.72. The van der Waals surface area contributed by atoms with Gasteiger partial charge in [0.05, 0.1) is 0 Å². The van der Waals surface area contributed by atoms with E-state index in [1.165, 1.54) is 0 Å². The van der Waals surface area contributed by atoms with E-state index in [1.807, 2.05) is 26.0 Å². The fourth-order valence-corrected chi connectivity index (χ4v) is 1.59. The number of hydrogen-bond acceptors (Lipinski definition) is 0. The van der Waals surface area contributed by atoms with Gasteiger partial charge in [0.2, 0.25) is 0 Å². The number of hydrogen-bond donors (Lipinski definition) is 0. The van der Waals surface area contributed by atoms with Crippen molar-refractivity contribution in [3.63, 3.8) is 0 Å². The summed E-state index contributed by atoms with van der Waals surface area (Å²) in [4.78, 5) is 0. The predicted octanol–water partition coefficient (Wildman–Crippen LogP) is 4.79. The van der Waals surface area contributed by atoms with Gasteiger partial charge in [-0.15, -0.1) is 0 Å². The summed E-state index contributed by atoms with van der Waals surface area (Å²) >= 11 is 5.75. The molecule has 15 heavy (non-hydrogen) atoms. The predicted molar refractivity (Wildman–Crippen MR) is 59.4 cm³/mol. The van der Waals surface area contributed by atoms with Gasteiger partial charge in [0, 0.05) is 11.4 Å². The summed E-state index contributed by atoms with van der Waals surface area (Å²) in [6.07, 6.45) is 0.0583. The van der Waals surface area contributed by atoms with E-state index in [2.05, 4.69) is 0 Å². The van der Waals surface area contributed by atoms with Crippen LogP contribution in [0.3, 0.4) is 0 Å². The molecule has 0 saturated heterocycles. The van der Waals surface area contributed by atoms with Gasteiger partial charge in [0.25, 0.3) is 0 Å². The summed E-state index contributed by atoms with van der Waals surface area (Å²) < 4.78 is 24.8. The smallest absolute Gasteiger partial charge is 0.129 e. The third kappa shape index (κ3) is 3.31. The van der Waals surface area contributed by atoms with Crippen LogP contribution in [0.15, 0.2) is 36.4 Å². The van der Waals surface area contributed by atoms with Gasteiger partial charge in [0.15, 0.2) is 0 Å². The second kappa shape index (κ2) is 4.75. The molecule has 3 heteroatoms. The second-order valence-electron chi connectivity index (χ2n) is 4.12. The van der Waals surface area contributed by atoms with Gasteiger partial charge in [-0.1, -0.05) is 37.6 Å². The Morgan fingerprint density at radius 1 is 1.33 bits per heavy atom. The summed E-state index contributed by atoms with van der Waals surface area (Å²) in [5, 5.41) is 0.635. The van der Waals surface area contributed by atoms with Crippen LogP contribution >= 0.6 is 11.6 Å². The quantitative estimate of drug-likeness (QED) is 0.701. The summed E-state index contributed by atoms with van der Waals surface area (Å²) in [5.74, 6) is -0.741. The summed E-state index contributed by atoms with van der Waals surface area (Å²) in [7, 11) is 0. The maximum Gasteiger partial charge on any atom is 0.129 e. The molecule has 0 saturated carbocycles. The van der Waals surface area contributed by atoms with Crippen molar-refractivity contribution in [2.75, 3.05) is 0 Å². The molecule has 0 aliphatic rings. The molecule has 0 nitrogen and oxygen atoms in total. The first-order valence-electron chi connectivity index (χ1n) is 4.66. The minimum Gasteiger partial charge on any atom is -0.213 e. The Morgan fingerprint density at radius 2 is 1.87 bits per heavy atom. The normalized spacial score (nSPS) is 13.0. The van der Waals surface area contributed by atoms with Crippen LogP contribution < -0.4 is 0 Å². The zero-order valence-electron chi connectivity index (χ0n) is 8.73. The molecule has 1 rings (SSSR count). The van der Waals surface area contributed by atoms with Crippen LogP contribution in [0.25, 0.3) is 0 Å². The van der Waals surface area contributed by atoms with E-state index in [4.69, 9.17) is 11.6 Å². The third-order valence-corrected chi connectivity index (χ3v) is 2.61. The standard InChI is InChI=1S/C12H13ClF2/c1-12(2,7-11(15)8-14)9-3-5-10(13)6-4-9/h3-6,8H,7H2,1-2H3. The van der Waals surface area contributed by atoms with Crippen LogP contribution in [0, 0.1) is 0 Å². The van der Waals surface area contributed by atoms with Gasteiger partial charge >= 0.3 is 0 Å². The van der Waals surface area contributed by atoms with Crippen molar-refractivity contribution in [3.05, 3.63) is 47.0 Å². The minimum atomic E-state index is -0.741. The maximum atomic E-state index is 12.9. The molecule has 0 N–H and O–H groups in total. The van der Waals surface area contributed by atoms with E-state index in [9.17, 15) is 8.78 Å². The van der Waals surface area contributed by atoms with Crippen LogP contribution in [-0.4, -0.2) is 0 Å². The SMILES string of the molecule is CC(C)(CC(F)=CF)c1ccc(Cl)cc1. The molecule has 0 unspecified atom stereocenters. The lowest BCUT2D eigenvalue weighted by atomic mass is 9.81. The van der Waals surface area contributed by atoms with Gasteiger partial charge in [-0.3, -0.25) is 0 Å². The van der Waals surface area contributed by atoms with Gasteiger partial charge < -0.3 is 0 Å². The summed E-state index contributed by atoms with van der Waals surface area (Å²) in [5.41, 5.74) is 0.501. The maximum absolute atomic E-state index is 12.9. The fraction of sp³-hybridized carbons (Fsp3) is 0.333. The van der Waals surface area contributed by atoms with E-state index >= 15 is 0 Å². The Bertz CT molecular complexity index is 352. The highest BCUT2D eigenvalue weighted by Crippen LogP contribution is 2.31. The van der Waals surface area contributed by atoms with Crippen LogP contribution in [0.1, 0.15) is 25.8 Å². The molecule has 0 radical (unpaired) electrons. The van der Waals surface area contributed by atoms with Crippen molar-refractivity contribution >= 4 is 11.6 Å². The van der Waals surface area contributed by atoms with Crippen molar-refractivity contribution < 1.29 is 8.78 Å². The fourth-order valence-electron chi connectivity index (χ4n) is 1.46. The molecule has 0 aliphatic heterocycles. The molecule has 0 aliphatic carbocycles. The molecule has 1 aromatic rings. The van der Waals surface area contributed by atoms with E-state index in [-0.39, 0.29) is 12.8 Å². The minimum absolute atomic E-state index is 0.0116. The number of halogens is 3. The van der Waals surface area contributed by atoms with Gasteiger partial charge in [0.1, 0.15) is 12.2 Å². The Balaban J connectivity index is 2.90. The van der Waals surface area contributed by atoms with Crippen LogP contribution in [0.2, 0.25) is 5.02 Å². The van der Waals surface area contributed by atoms with Crippen molar-refractivity contribution in [1.82, 2.24) is 0 Å². The van der Waals surface area contributed by atoms with Gasteiger partial charge in [-0.2, -0.15) is 0 Å². The first kappa shape index (κ1) is 12.2. The molecule has 0 bridgehead atoms. The number of rotatable bonds is 3. The molecule has 0 fully saturated rings. The Kier molecular flexibility index (Phi) is 3.86. The molecule has 82 valence electrons.